The highest BCUT2D eigenvalue weighted by Gasteiger charge is 2.42. The van der Waals surface area contributed by atoms with Gasteiger partial charge in [-0.3, -0.25) is 19.8 Å². The van der Waals surface area contributed by atoms with E-state index >= 15 is 0 Å². The second kappa shape index (κ2) is 5.37. The molecule has 2 aromatic rings. The summed E-state index contributed by atoms with van der Waals surface area (Å²) in [5.74, 6) is 1.13. The van der Waals surface area contributed by atoms with Crippen molar-refractivity contribution in [2.24, 2.45) is 5.41 Å². The summed E-state index contributed by atoms with van der Waals surface area (Å²) in [6.45, 7) is 4.18. The molecule has 0 fully saturated rings. The normalized spacial score (nSPS) is 21.4. The Labute approximate surface area is 145 Å². The predicted molar refractivity (Wildman–Crippen MR) is 94.9 cm³/mol. The predicted octanol–water partition coefficient (Wildman–Crippen LogP) is 2.91. The van der Waals surface area contributed by atoms with Gasteiger partial charge in [0.1, 0.15) is 11.6 Å². The van der Waals surface area contributed by atoms with E-state index in [1.807, 2.05) is 24.3 Å². The molecule has 0 amide bonds. The summed E-state index contributed by atoms with van der Waals surface area (Å²) in [7, 11) is 1.61. The molecular weight excluding hydrogens is 318 g/mol. The van der Waals surface area contributed by atoms with Crippen LogP contribution in [0.3, 0.4) is 0 Å². The van der Waals surface area contributed by atoms with Crippen LogP contribution in [-0.4, -0.2) is 23.1 Å². The lowest BCUT2D eigenvalue weighted by Crippen LogP contribution is -2.34. The summed E-state index contributed by atoms with van der Waals surface area (Å²) in [6.07, 6.45) is 1.26. The van der Waals surface area contributed by atoms with Crippen LogP contribution in [0, 0.1) is 5.41 Å². The number of aromatic nitrogens is 2. The summed E-state index contributed by atoms with van der Waals surface area (Å²) in [5, 5.41) is 8.82. The molecule has 1 atom stereocenters. The van der Waals surface area contributed by atoms with Crippen LogP contribution < -0.4 is 15.6 Å². The lowest BCUT2D eigenvalue weighted by molar-refractivity contribution is -0.118. The fourth-order valence-corrected chi connectivity index (χ4v) is 3.95. The van der Waals surface area contributed by atoms with Gasteiger partial charge in [-0.05, 0) is 29.5 Å². The van der Waals surface area contributed by atoms with Crippen molar-refractivity contribution in [3.8, 4) is 5.75 Å². The van der Waals surface area contributed by atoms with Crippen LogP contribution in [0.2, 0.25) is 0 Å². The number of nitrogens with one attached hydrogen (secondary N) is 3. The van der Waals surface area contributed by atoms with Gasteiger partial charge in [-0.25, -0.2) is 0 Å². The Bertz CT molecular complexity index is 932. The molecule has 2 heterocycles. The van der Waals surface area contributed by atoms with Crippen molar-refractivity contribution in [1.82, 2.24) is 10.2 Å². The zero-order valence-electron chi connectivity index (χ0n) is 14.5. The number of hydrogen-bond donors (Lipinski definition) is 3. The van der Waals surface area contributed by atoms with Crippen molar-refractivity contribution >= 4 is 11.6 Å². The minimum absolute atomic E-state index is 0.0958. The van der Waals surface area contributed by atoms with Gasteiger partial charge in [0.05, 0.1) is 12.7 Å². The molecule has 2 aliphatic rings. The number of fused-ring (bicyclic) bond motifs is 1. The second-order valence-corrected chi connectivity index (χ2v) is 7.53. The van der Waals surface area contributed by atoms with E-state index in [4.69, 9.17) is 4.74 Å². The van der Waals surface area contributed by atoms with E-state index in [1.54, 1.807) is 7.11 Å². The molecule has 1 aliphatic carbocycles. The Morgan fingerprint density at radius 1 is 1.08 bits per heavy atom. The van der Waals surface area contributed by atoms with E-state index in [1.165, 1.54) is 0 Å². The van der Waals surface area contributed by atoms with Gasteiger partial charge < -0.3 is 10.1 Å². The maximum atomic E-state index is 12.9. The van der Waals surface area contributed by atoms with E-state index in [0.717, 1.165) is 23.4 Å². The molecule has 0 saturated heterocycles. The largest absolute Gasteiger partial charge is 0.497 e. The molecule has 6 nitrogen and oxygen atoms in total. The molecule has 1 aliphatic heterocycles. The summed E-state index contributed by atoms with van der Waals surface area (Å²) in [6, 6.07) is 7.55. The second-order valence-electron chi connectivity index (χ2n) is 7.53. The van der Waals surface area contributed by atoms with Crippen LogP contribution in [0.1, 0.15) is 43.7 Å². The number of rotatable bonds is 2. The smallest absolute Gasteiger partial charge is 0.270 e. The Morgan fingerprint density at radius 2 is 1.80 bits per heavy atom. The van der Waals surface area contributed by atoms with Crippen molar-refractivity contribution in [3.05, 3.63) is 57.0 Å². The third-order valence-corrected chi connectivity index (χ3v) is 5.04. The first-order valence-corrected chi connectivity index (χ1v) is 8.37. The third kappa shape index (κ3) is 2.49. The van der Waals surface area contributed by atoms with Gasteiger partial charge in [-0.2, -0.15) is 0 Å². The zero-order chi connectivity index (χ0) is 17.8. The number of hydrogen-bond acceptors (Lipinski definition) is 4. The van der Waals surface area contributed by atoms with Gasteiger partial charge in [-0.1, -0.05) is 26.0 Å². The standard InChI is InChI=1S/C19H21N3O3/c1-19(2)8-12-15(13(23)9-19)14(10-4-6-11(25-3)7-5-10)16-17(20-12)21-22-18(16)24/h4-7,14H,8-9H2,1-3H3,(H3,20,21,22,24)/t14-/m0/s1. The van der Waals surface area contributed by atoms with Gasteiger partial charge in [0.25, 0.3) is 5.56 Å². The van der Waals surface area contributed by atoms with Crippen molar-refractivity contribution < 1.29 is 9.53 Å². The summed E-state index contributed by atoms with van der Waals surface area (Å²) in [5.41, 5.74) is 2.80. The first-order valence-electron chi connectivity index (χ1n) is 8.37. The number of aromatic amines is 2. The number of ketones is 1. The molecule has 3 N–H and O–H groups in total. The van der Waals surface area contributed by atoms with Crippen molar-refractivity contribution in [1.29, 1.82) is 0 Å². The molecule has 0 spiro atoms. The number of Topliss-reactive ketones (excluding diaryl/α,β-unsaturated/α-hetero) is 1. The molecule has 0 radical (unpaired) electrons. The van der Waals surface area contributed by atoms with Crippen molar-refractivity contribution in [3.63, 3.8) is 0 Å². The number of H-pyrrole nitrogens is 2. The fourth-order valence-electron chi connectivity index (χ4n) is 3.95. The number of carbonyl (C=O) groups excluding carboxylic acids is 1. The summed E-state index contributed by atoms with van der Waals surface area (Å²) < 4.78 is 5.22. The number of allylic oxidation sites excluding steroid dienone is 2. The molecule has 0 unspecified atom stereocenters. The third-order valence-electron chi connectivity index (χ3n) is 5.04. The van der Waals surface area contributed by atoms with Gasteiger partial charge >= 0.3 is 0 Å². The van der Waals surface area contributed by atoms with Crippen LogP contribution in [0.15, 0.2) is 40.3 Å². The average Bonchev–Trinajstić information content (AvgIpc) is 2.93. The molecular formula is C19H21N3O3. The minimum Gasteiger partial charge on any atom is -0.497 e. The van der Waals surface area contributed by atoms with E-state index in [-0.39, 0.29) is 22.7 Å². The maximum Gasteiger partial charge on any atom is 0.270 e. The van der Waals surface area contributed by atoms with Gasteiger partial charge in [0.15, 0.2) is 5.78 Å². The maximum absolute atomic E-state index is 12.9. The Hall–Kier alpha value is -2.76. The minimum atomic E-state index is -0.365. The van der Waals surface area contributed by atoms with Gasteiger partial charge in [0, 0.05) is 23.6 Å². The highest BCUT2D eigenvalue weighted by Crippen LogP contribution is 2.47. The lowest BCUT2D eigenvalue weighted by atomic mass is 9.69. The van der Waals surface area contributed by atoms with Gasteiger partial charge in [0.2, 0.25) is 0 Å². The van der Waals surface area contributed by atoms with Crippen LogP contribution in [-0.2, 0) is 4.79 Å². The quantitative estimate of drug-likeness (QED) is 0.785. The first-order chi connectivity index (χ1) is 11.9. The number of benzene rings is 1. The van der Waals surface area contributed by atoms with Crippen molar-refractivity contribution in [2.45, 2.75) is 32.6 Å². The molecule has 6 heteroatoms. The summed E-state index contributed by atoms with van der Waals surface area (Å²) in [4.78, 5) is 25.3. The van der Waals surface area contributed by atoms with Crippen LogP contribution >= 0.6 is 0 Å². The Morgan fingerprint density at radius 3 is 2.48 bits per heavy atom. The number of methoxy groups -OCH3 is 1. The fraction of sp³-hybridized carbons (Fsp3) is 0.368. The highest BCUT2D eigenvalue weighted by molar-refractivity contribution is 6.01. The average molecular weight is 339 g/mol. The Kier molecular flexibility index (Phi) is 3.39. The van der Waals surface area contributed by atoms with Gasteiger partial charge in [-0.15, -0.1) is 0 Å². The highest BCUT2D eigenvalue weighted by atomic mass is 16.5. The van der Waals surface area contributed by atoms with E-state index in [0.29, 0.717) is 23.4 Å². The van der Waals surface area contributed by atoms with Crippen LogP contribution in [0.25, 0.3) is 0 Å². The van der Waals surface area contributed by atoms with E-state index in [2.05, 4.69) is 29.4 Å². The summed E-state index contributed by atoms with van der Waals surface area (Å²) >= 11 is 0. The zero-order valence-corrected chi connectivity index (χ0v) is 14.5. The van der Waals surface area contributed by atoms with E-state index in [9.17, 15) is 9.59 Å². The van der Waals surface area contributed by atoms with Crippen molar-refractivity contribution in [2.75, 3.05) is 12.4 Å². The van der Waals surface area contributed by atoms with E-state index < -0.39 is 0 Å². The molecule has 0 bridgehead atoms. The molecule has 130 valence electrons. The molecule has 25 heavy (non-hydrogen) atoms. The lowest BCUT2D eigenvalue weighted by Gasteiger charge is -2.37. The SMILES string of the molecule is COc1ccc([C@H]2C3=C(CC(C)(C)CC3=O)Nc3[nH][nH]c(=O)c32)cc1. The molecule has 1 aromatic heterocycles. The molecule has 4 rings (SSSR count). The first kappa shape index (κ1) is 15.7. The Balaban J connectivity index is 1.91. The molecule has 0 saturated carbocycles. The number of carbonyl (C=O) groups is 1. The van der Waals surface area contributed by atoms with Crippen LogP contribution in [0.5, 0.6) is 5.75 Å². The number of ether oxygens (including phenoxy) is 1. The van der Waals surface area contributed by atoms with Crippen LogP contribution in [0.4, 0.5) is 5.82 Å². The monoisotopic (exact) mass is 339 g/mol. The topological polar surface area (TPSA) is 87.0 Å². The number of anilines is 1. The molecule has 1 aromatic carbocycles.